The number of nitrogens with zero attached hydrogens (tertiary/aromatic N) is 1. The molecule has 1 saturated heterocycles. The number of rotatable bonds is 6. The molecule has 2 aliphatic rings. The van der Waals surface area contributed by atoms with E-state index in [1.807, 2.05) is 6.92 Å². The van der Waals surface area contributed by atoms with E-state index in [-0.39, 0.29) is 12.2 Å². The molecule has 0 aromatic rings. The number of aliphatic hydroxyl groups is 1. The van der Waals surface area contributed by atoms with Gasteiger partial charge in [-0.25, -0.2) is 4.79 Å². The maximum absolute atomic E-state index is 11.7. The third-order valence-corrected chi connectivity index (χ3v) is 5.39. The zero-order valence-electron chi connectivity index (χ0n) is 16.4. The van der Waals surface area contributed by atoms with Crippen LogP contribution in [0, 0.1) is 11.3 Å². The summed E-state index contributed by atoms with van der Waals surface area (Å²) in [5.74, 6) is 0.687. The van der Waals surface area contributed by atoms with Gasteiger partial charge < -0.3 is 19.5 Å². The van der Waals surface area contributed by atoms with E-state index in [0.717, 1.165) is 25.9 Å². The number of ether oxygens (including phenoxy) is 2. The minimum Gasteiger partial charge on any atom is -0.450 e. The predicted octanol–water partition coefficient (Wildman–Crippen LogP) is 0.936. The highest BCUT2D eigenvalue weighted by Crippen LogP contribution is 2.39. The molecule has 2 fully saturated rings. The van der Waals surface area contributed by atoms with Crippen LogP contribution >= 0.6 is 0 Å². The molecule has 1 heterocycles. The summed E-state index contributed by atoms with van der Waals surface area (Å²) in [4.78, 5) is 14.8. The molecule has 1 saturated carbocycles. The Morgan fingerprint density at radius 1 is 1.32 bits per heavy atom. The first-order chi connectivity index (χ1) is 11.8. The number of hydrogen-bond acceptors (Lipinski definition) is 4. The molecule has 1 aliphatic carbocycles. The summed E-state index contributed by atoms with van der Waals surface area (Å²) in [6.07, 6.45) is 3.04. The van der Waals surface area contributed by atoms with Gasteiger partial charge in [0.25, 0.3) is 0 Å². The second-order valence-corrected chi connectivity index (χ2v) is 8.66. The normalized spacial score (nSPS) is 28.6. The largest absolute Gasteiger partial charge is 0.450 e. The fourth-order valence-corrected chi connectivity index (χ4v) is 4.45. The molecule has 2 N–H and O–H groups in total. The number of aliphatic hydroxyl groups excluding tert-OH is 1. The molecule has 6 nitrogen and oxygen atoms in total. The number of carbonyl (C=O) groups is 1. The molecule has 0 radical (unpaired) electrons. The second-order valence-electron chi connectivity index (χ2n) is 8.66. The van der Waals surface area contributed by atoms with E-state index in [0.29, 0.717) is 44.2 Å². The van der Waals surface area contributed by atoms with Gasteiger partial charge in [0.1, 0.15) is 12.6 Å². The molecule has 146 valence electrons. The molecule has 0 bridgehead atoms. The van der Waals surface area contributed by atoms with Crippen LogP contribution in [-0.4, -0.2) is 74.2 Å². The van der Waals surface area contributed by atoms with Crippen molar-refractivity contribution in [3.8, 4) is 0 Å². The van der Waals surface area contributed by atoms with Crippen LogP contribution < -0.4 is 4.90 Å². The van der Waals surface area contributed by atoms with E-state index < -0.39 is 6.10 Å². The molecule has 1 amide bonds. The SMILES string of the molecule is CCOC(=O)N1CC[NH+](C[C@@H](O)CO[C@@H]2C[C@H](C)CC(C)(C)C2)CC1. The van der Waals surface area contributed by atoms with Crippen molar-refractivity contribution < 1.29 is 24.3 Å². The number of hydrogen-bond donors (Lipinski definition) is 2. The molecule has 1 aliphatic heterocycles. The van der Waals surface area contributed by atoms with Gasteiger partial charge in [-0.1, -0.05) is 20.8 Å². The van der Waals surface area contributed by atoms with Crippen LogP contribution in [-0.2, 0) is 9.47 Å². The lowest BCUT2D eigenvalue weighted by Gasteiger charge is -2.39. The molecule has 6 heteroatoms. The van der Waals surface area contributed by atoms with Gasteiger partial charge in [0.2, 0.25) is 0 Å². The molecular formula is C19H37N2O4+. The summed E-state index contributed by atoms with van der Waals surface area (Å²) < 4.78 is 11.1. The number of quaternary nitrogens is 1. The Hall–Kier alpha value is -0.850. The van der Waals surface area contributed by atoms with Crippen molar-refractivity contribution >= 4 is 6.09 Å². The van der Waals surface area contributed by atoms with Crippen LogP contribution in [0.1, 0.15) is 47.0 Å². The van der Waals surface area contributed by atoms with Gasteiger partial charge in [0, 0.05) is 0 Å². The third-order valence-electron chi connectivity index (χ3n) is 5.39. The van der Waals surface area contributed by atoms with Crippen molar-refractivity contribution in [1.29, 1.82) is 0 Å². The zero-order chi connectivity index (χ0) is 18.4. The number of carbonyl (C=O) groups excluding carboxylic acids is 1. The summed E-state index contributed by atoms with van der Waals surface area (Å²) in [5.41, 5.74) is 0.335. The van der Waals surface area contributed by atoms with E-state index >= 15 is 0 Å². The fraction of sp³-hybridized carbons (Fsp3) is 0.947. The van der Waals surface area contributed by atoms with Gasteiger partial charge in [0.15, 0.2) is 0 Å². The Bertz CT molecular complexity index is 422. The van der Waals surface area contributed by atoms with E-state index in [2.05, 4.69) is 20.8 Å². The van der Waals surface area contributed by atoms with Gasteiger partial charge in [-0.2, -0.15) is 0 Å². The van der Waals surface area contributed by atoms with Crippen molar-refractivity contribution in [3.63, 3.8) is 0 Å². The molecule has 0 aromatic carbocycles. The van der Waals surface area contributed by atoms with Crippen molar-refractivity contribution in [1.82, 2.24) is 4.90 Å². The molecular weight excluding hydrogens is 320 g/mol. The molecule has 3 atom stereocenters. The lowest BCUT2D eigenvalue weighted by Crippen LogP contribution is -3.15. The Labute approximate surface area is 152 Å². The predicted molar refractivity (Wildman–Crippen MR) is 96.7 cm³/mol. The van der Waals surface area contributed by atoms with Crippen LogP contribution in [0.5, 0.6) is 0 Å². The Morgan fingerprint density at radius 2 is 2.00 bits per heavy atom. The Kier molecular flexibility index (Phi) is 7.52. The van der Waals surface area contributed by atoms with Crippen LogP contribution in [0.3, 0.4) is 0 Å². The second kappa shape index (κ2) is 9.19. The lowest BCUT2D eigenvalue weighted by atomic mass is 9.71. The molecule has 0 unspecified atom stereocenters. The van der Waals surface area contributed by atoms with Crippen LogP contribution in [0.25, 0.3) is 0 Å². The average Bonchev–Trinajstić information content (AvgIpc) is 2.52. The molecule has 2 rings (SSSR count). The van der Waals surface area contributed by atoms with Crippen molar-refractivity contribution in [2.45, 2.75) is 59.2 Å². The molecule has 25 heavy (non-hydrogen) atoms. The summed E-state index contributed by atoms with van der Waals surface area (Å²) in [7, 11) is 0. The first-order valence-corrected chi connectivity index (χ1v) is 9.84. The van der Waals surface area contributed by atoms with Crippen LogP contribution in [0.15, 0.2) is 0 Å². The van der Waals surface area contributed by atoms with Crippen LogP contribution in [0.2, 0.25) is 0 Å². The smallest absolute Gasteiger partial charge is 0.410 e. The maximum Gasteiger partial charge on any atom is 0.410 e. The summed E-state index contributed by atoms with van der Waals surface area (Å²) in [6, 6.07) is 0. The van der Waals surface area contributed by atoms with Crippen molar-refractivity contribution in [3.05, 3.63) is 0 Å². The summed E-state index contributed by atoms with van der Waals surface area (Å²) in [5, 5.41) is 10.3. The summed E-state index contributed by atoms with van der Waals surface area (Å²) >= 11 is 0. The van der Waals surface area contributed by atoms with Gasteiger partial charge >= 0.3 is 6.09 Å². The zero-order valence-corrected chi connectivity index (χ0v) is 16.4. The average molecular weight is 358 g/mol. The van der Waals surface area contributed by atoms with Crippen molar-refractivity contribution in [2.24, 2.45) is 11.3 Å². The number of nitrogens with one attached hydrogen (secondary N) is 1. The minimum atomic E-state index is -0.440. The highest BCUT2D eigenvalue weighted by molar-refractivity contribution is 5.67. The topological polar surface area (TPSA) is 63.4 Å². The van der Waals surface area contributed by atoms with Crippen LogP contribution in [0.4, 0.5) is 4.79 Å². The summed E-state index contributed by atoms with van der Waals surface area (Å²) in [6.45, 7) is 13.3. The van der Waals surface area contributed by atoms with Gasteiger partial charge in [0.05, 0.1) is 45.5 Å². The van der Waals surface area contributed by atoms with Crippen molar-refractivity contribution in [2.75, 3.05) is 45.9 Å². The number of piperazine rings is 1. The van der Waals surface area contributed by atoms with Gasteiger partial charge in [-0.05, 0) is 37.5 Å². The third kappa shape index (κ3) is 6.76. The monoisotopic (exact) mass is 357 g/mol. The van der Waals surface area contributed by atoms with E-state index in [1.54, 1.807) is 4.90 Å². The standard InChI is InChI=1S/C19H36N2O4/c1-5-24-18(23)21-8-6-20(7-9-21)13-16(22)14-25-17-10-15(2)11-19(3,4)12-17/h15-17,22H,5-14H2,1-4H3/p+1/t15-,16+,17+/m0/s1. The van der Waals surface area contributed by atoms with Gasteiger partial charge in [-0.3, -0.25) is 4.90 Å². The Morgan fingerprint density at radius 3 is 2.60 bits per heavy atom. The lowest BCUT2D eigenvalue weighted by molar-refractivity contribution is -0.907. The number of amides is 1. The molecule has 0 aromatic heterocycles. The maximum atomic E-state index is 11.7. The van der Waals surface area contributed by atoms with E-state index in [4.69, 9.17) is 9.47 Å². The first kappa shape index (κ1) is 20.5. The van der Waals surface area contributed by atoms with Gasteiger partial charge in [-0.15, -0.1) is 0 Å². The molecule has 0 spiro atoms. The highest BCUT2D eigenvalue weighted by Gasteiger charge is 2.33. The highest BCUT2D eigenvalue weighted by atomic mass is 16.6. The first-order valence-electron chi connectivity index (χ1n) is 9.84. The quantitative estimate of drug-likeness (QED) is 0.743. The fourth-order valence-electron chi connectivity index (χ4n) is 4.45. The Balaban J connectivity index is 1.66. The van der Waals surface area contributed by atoms with E-state index in [9.17, 15) is 9.90 Å². The van der Waals surface area contributed by atoms with E-state index in [1.165, 1.54) is 11.3 Å². The minimum absolute atomic E-state index is 0.223.